The van der Waals surface area contributed by atoms with Gasteiger partial charge in [-0.2, -0.15) is 0 Å². The Bertz CT molecular complexity index is 298. The summed E-state index contributed by atoms with van der Waals surface area (Å²) in [5, 5.41) is 2.74. The molecule has 68 valence electrons. The van der Waals surface area contributed by atoms with Crippen LogP contribution in [0.5, 0.6) is 0 Å². The zero-order valence-corrected chi connectivity index (χ0v) is 6.93. The number of aromatic nitrogens is 2. The maximum Gasteiger partial charge on any atom is 0.289 e. The molecule has 0 aliphatic carbocycles. The lowest BCUT2D eigenvalue weighted by atomic mass is 10.2. The van der Waals surface area contributed by atoms with Crippen LogP contribution >= 0.6 is 0 Å². The lowest BCUT2D eigenvalue weighted by molar-refractivity contribution is -0.00364. The molecule has 5 heteroatoms. The van der Waals surface area contributed by atoms with Crippen LogP contribution in [0.15, 0.2) is 18.5 Å². The minimum atomic E-state index is -0.242. The third-order valence-electron chi connectivity index (χ3n) is 1.74. The summed E-state index contributed by atoms with van der Waals surface area (Å²) in [6.45, 7) is 1.16. The molecule has 1 N–H and O–H groups in total. The van der Waals surface area contributed by atoms with Gasteiger partial charge in [0.2, 0.25) is 5.82 Å². The van der Waals surface area contributed by atoms with Gasteiger partial charge in [-0.15, -0.1) is 0 Å². The highest BCUT2D eigenvalue weighted by Gasteiger charge is 2.21. The summed E-state index contributed by atoms with van der Waals surface area (Å²) >= 11 is 0. The summed E-state index contributed by atoms with van der Waals surface area (Å²) in [6.07, 6.45) is 3.08. The average molecular weight is 179 g/mol. The highest BCUT2D eigenvalue weighted by atomic mass is 16.5. The summed E-state index contributed by atoms with van der Waals surface area (Å²) in [5.41, 5.74) is 0. The largest absolute Gasteiger partial charge is 0.377 e. The number of amides is 1. The number of nitrogens with one attached hydrogen (secondary N) is 1. The second-order valence-electron chi connectivity index (χ2n) is 2.78. The van der Waals surface area contributed by atoms with E-state index >= 15 is 0 Å². The topological polar surface area (TPSA) is 64.1 Å². The predicted octanol–water partition coefficient (Wildman–Crippen LogP) is -0.395. The molecule has 2 heterocycles. The van der Waals surface area contributed by atoms with E-state index in [2.05, 4.69) is 15.3 Å². The van der Waals surface area contributed by atoms with Gasteiger partial charge in [0.05, 0.1) is 19.3 Å². The van der Waals surface area contributed by atoms with Crippen LogP contribution in [0.4, 0.5) is 0 Å². The second kappa shape index (κ2) is 3.49. The second-order valence-corrected chi connectivity index (χ2v) is 2.78. The van der Waals surface area contributed by atoms with Crippen LogP contribution in [-0.2, 0) is 4.74 Å². The van der Waals surface area contributed by atoms with Crippen molar-refractivity contribution in [3.05, 3.63) is 24.3 Å². The van der Waals surface area contributed by atoms with Gasteiger partial charge < -0.3 is 10.1 Å². The molecule has 1 aromatic rings. The Kier molecular flexibility index (Phi) is 2.18. The molecule has 1 saturated heterocycles. The van der Waals surface area contributed by atoms with Gasteiger partial charge in [-0.3, -0.25) is 4.79 Å². The van der Waals surface area contributed by atoms with Crippen LogP contribution in [0.3, 0.4) is 0 Å². The van der Waals surface area contributed by atoms with Crippen molar-refractivity contribution in [3.63, 3.8) is 0 Å². The number of hydrogen-bond donors (Lipinski definition) is 1. The van der Waals surface area contributed by atoms with Gasteiger partial charge in [0.25, 0.3) is 5.91 Å². The van der Waals surface area contributed by atoms with Crippen LogP contribution in [0.1, 0.15) is 10.6 Å². The Labute approximate surface area is 75.1 Å². The van der Waals surface area contributed by atoms with Crippen molar-refractivity contribution in [2.45, 2.75) is 6.04 Å². The van der Waals surface area contributed by atoms with Crippen molar-refractivity contribution < 1.29 is 9.53 Å². The van der Waals surface area contributed by atoms with Crippen molar-refractivity contribution in [2.75, 3.05) is 13.2 Å². The summed E-state index contributed by atoms with van der Waals surface area (Å²) in [7, 11) is 0. The molecule has 1 aliphatic rings. The van der Waals surface area contributed by atoms with Gasteiger partial charge in [0, 0.05) is 12.4 Å². The van der Waals surface area contributed by atoms with Crippen LogP contribution < -0.4 is 5.32 Å². The lowest BCUT2D eigenvalue weighted by Gasteiger charge is -2.26. The van der Waals surface area contributed by atoms with Gasteiger partial charge in [-0.1, -0.05) is 0 Å². The van der Waals surface area contributed by atoms with Gasteiger partial charge in [-0.05, 0) is 6.07 Å². The average Bonchev–Trinajstić information content (AvgIpc) is 2.12. The molecule has 0 radical (unpaired) electrons. The van der Waals surface area contributed by atoms with Crippen LogP contribution in [0.2, 0.25) is 0 Å². The van der Waals surface area contributed by atoms with Gasteiger partial charge in [0.1, 0.15) is 0 Å². The monoisotopic (exact) mass is 179 g/mol. The summed E-state index contributed by atoms with van der Waals surface area (Å²) in [6, 6.07) is 1.79. The van der Waals surface area contributed by atoms with E-state index in [0.29, 0.717) is 13.2 Å². The van der Waals surface area contributed by atoms with E-state index in [1.54, 1.807) is 18.5 Å². The van der Waals surface area contributed by atoms with Crippen molar-refractivity contribution in [3.8, 4) is 0 Å². The maximum absolute atomic E-state index is 11.4. The fourth-order valence-corrected chi connectivity index (χ4v) is 0.985. The van der Waals surface area contributed by atoms with E-state index in [1.807, 2.05) is 0 Å². The van der Waals surface area contributed by atoms with Gasteiger partial charge in [-0.25, -0.2) is 9.97 Å². The molecule has 0 atom stereocenters. The van der Waals surface area contributed by atoms with Crippen molar-refractivity contribution in [1.29, 1.82) is 0 Å². The van der Waals surface area contributed by atoms with Crippen molar-refractivity contribution in [1.82, 2.24) is 15.3 Å². The predicted molar refractivity (Wildman–Crippen MR) is 44.1 cm³/mol. The Morgan fingerprint density at radius 3 is 2.69 bits per heavy atom. The van der Waals surface area contributed by atoms with E-state index < -0.39 is 0 Å². The molecule has 1 aromatic heterocycles. The van der Waals surface area contributed by atoms with Crippen molar-refractivity contribution in [2.24, 2.45) is 0 Å². The van der Waals surface area contributed by atoms with E-state index in [9.17, 15) is 4.79 Å². The summed E-state index contributed by atoms with van der Waals surface area (Å²) in [5.74, 6) is -0.0386. The zero-order chi connectivity index (χ0) is 9.10. The van der Waals surface area contributed by atoms with E-state index in [4.69, 9.17) is 4.74 Å². The van der Waals surface area contributed by atoms with Crippen LogP contribution in [0, 0.1) is 0 Å². The highest BCUT2D eigenvalue weighted by molar-refractivity contribution is 5.90. The molecule has 13 heavy (non-hydrogen) atoms. The highest BCUT2D eigenvalue weighted by Crippen LogP contribution is 2.00. The Morgan fingerprint density at radius 1 is 1.46 bits per heavy atom. The first-order valence-corrected chi connectivity index (χ1v) is 4.02. The van der Waals surface area contributed by atoms with Crippen LogP contribution in [0.25, 0.3) is 0 Å². The third-order valence-corrected chi connectivity index (χ3v) is 1.74. The molecule has 0 saturated carbocycles. The smallest absolute Gasteiger partial charge is 0.289 e. The molecule has 5 nitrogen and oxygen atoms in total. The number of hydrogen-bond acceptors (Lipinski definition) is 4. The molecular weight excluding hydrogens is 170 g/mol. The molecule has 0 bridgehead atoms. The van der Waals surface area contributed by atoms with E-state index in [-0.39, 0.29) is 17.8 Å². The molecule has 0 aromatic carbocycles. The van der Waals surface area contributed by atoms with E-state index in [0.717, 1.165) is 0 Å². The first-order chi connectivity index (χ1) is 6.36. The van der Waals surface area contributed by atoms with E-state index in [1.165, 1.54) is 0 Å². The van der Waals surface area contributed by atoms with Gasteiger partial charge >= 0.3 is 0 Å². The fourth-order valence-electron chi connectivity index (χ4n) is 0.985. The third kappa shape index (κ3) is 1.81. The minimum absolute atomic E-state index is 0.122. The van der Waals surface area contributed by atoms with Gasteiger partial charge in [0.15, 0.2) is 0 Å². The van der Waals surface area contributed by atoms with Crippen LogP contribution in [-0.4, -0.2) is 35.1 Å². The first-order valence-electron chi connectivity index (χ1n) is 4.02. The number of carbonyl (C=O) groups is 1. The molecule has 1 fully saturated rings. The first kappa shape index (κ1) is 8.12. The number of rotatable bonds is 2. The SMILES string of the molecule is O=C(NC1COC1)c1ncccn1. The molecule has 2 rings (SSSR count). The lowest BCUT2D eigenvalue weighted by Crippen LogP contribution is -2.48. The molecular formula is C8H9N3O2. The summed E-state index contributed by atoms with van der Waals surface area (Å²) in [4.78, 5) is 19.0. The Morgan fingerprint density at radius 2 is 2.15 bits per heavy atom. The number of nitrogens with zero attached hydrogens (tertiary/aromatic N) is 2. The fraction of sp³-hybridized carbons (Fsp3) is 0.375. The molecule has 1 amide bonds. The maximum atomic E-state index is 11.4. The molecule has 0 spiro atoms. The minimum Gasteiger partial charge on any atom is -0.377 e. The normalized spacial score (nSPS) is 16.3. The quantitative estimate of drug-likeness (QED) is 0.671. The molecule has 1 aliphatic heterocycles. The standard InChI is InChI=1S/C8H9N3O2/c12-8(11-6-4-13-5-6)7-9-2-1-3-10-7/h1-3,6H,4-5H2,(H,11,12). The molecule has 0 unspecified atom stereocenters. The zero-order valence-electron chi connectivity index (χ0n) is 6.93. The summed E-state index contributed by atoms with van der Waals surface area (Å²) < 4.78 is 4.92. The Hall–Kier alpha value is -1.49. The Balaban J connectivity index is 1.97. The van der Waals surface area contributed by atoms with Crippen molar-refractivity contribution >= 4 is 5.91 Å². The number of ether oxygens (including phenoxy) is 1. The number of carbonyl (C=O) groups excluding carboxylic acids is 1.